The summed E-state index contributed by atoms with van der Waals surface area (Å²) in [6.07, 6.45) is 11.5. The van der Waals surface area contributed by atoms with Gasteiger partial charge in [0.25, 0.3) is 0 Å². The molecule has 0 spiro atoms. The number of phenols is 1. The molecule has 6 aromatic heterocycles. The van der Waals surface area contributed by atoms with Crippen molar-refractivity contribution in [1.82, 2.24) is 45.5 Å². The molecule has 97 heavy (non-hydrogen) atoms. The molecule has 12 aromatic rings. The predicted octanol–water partition coefficient (Wildman–Crippen LogP) is 15.2. The molecule has 6 N–H and O–H groups in total. The fourth-order valence-corrected chi connectivity index (χ4v) is 14.0. The first-order valence-corrected chi connectivity index (χ1v) is 33.4. The van der Waals surface area contributed by atoms with Crippen LogP contribution < -0.4 is 33.6 Å². The summed E-state index contributed by atoms with van der Waals surface area (Å²) in [5.74, 6) is 0.201. The van der Waals surface area contributed by atoms with Gasteiger partial charge in [-0.3, -0.25) is 15.3 Å². The van der Waals surface area contributed by atoms with E-state index in [9.17, 15) is 10.4 Å². The molecule has 16 nitrogen and oxygen atoms in total. The Morgan fingerprint density at radius 3 is 1.00 bits per heavy atom. The van der Waals surface area contributed by atoms with Gasteiger partial charge in [-0.15, -0.1) is 0 Å². The Morgan fingerprint density at radius 1 is 0.402 bits per heavy atom. The molecule has 15 rings (SSSR count). The van der Waals surface area contributed by atoms with Gasteiger partial charge >= 0.3 is 18.9 Å². The van der Waals surface area contributed by atoms with Gasteiger partial charge in [-0.1, -0.05) is 96.1 Å². The molecule has 3 saturated heterocycles. The Balaban J connectivity index is 0.000000146. The van der Waals surface area contributed by atoms with Crippen molar-refractivity contribution in [2.45, 2.75) is 106 Å². The second-order valence-electron chi connectivity index (χ2n) is 25.7. The SMILES string of the molecule is CC(=N)c1c(-c2ccc(C)cc2)nc2n[nH]c(C)c2c1-c1ccc(N2CCCCC2)cc1.CC(=N)c1c(-c2ccc(O)cc2)nc2n[nH]c(C)c2c1-c1ccc(N2CCCCC2)cc1.Cc1ccc(-c2nc3n[nH]c(C)c3c(-c3ccc(N4CCCCC4)cc3)c2C#N)cc1.[CH3-].[Li+]. The smallest absolute Gasteiger partial charge is 0.508 e. The molecular weight excluding hydrogens is 1190 g/mol. The van der Waals surface area contributed by atoms with Gasteiger partial charge in [-0.2, -0.15) is 20.6 Å². The number of benzene rings is 6. The minimum atomic E-state index is 0. The van der Waals surface area contributed by atoms with E-state index < -0.39 is 0 Å². The summed E-state index contributed by atoms with van der Waals surface area (Å²) >= 11 is 0. The van der Waals surface area contributed by atoms with Gasteiger partial charge in [0.1, 0.15) is 11.8 Å². The number of fused-ring (bicyclic) bond motifs is 3. The van der Waals surface area contributed by atoms with Gasteiger partial charge in [0.05, 0.1) is 38.8 Å². The number of aryl methyl sites for hydroxylation is 5. The number of anilines is 3. The molecule has 9 heterocycles. The average molecular weight is 1280 g/mol. The van der Waals surface area contributed by atoms with Crippen LogP contribution in [-0.4, -0.2) is 101 Å². The zero-order valence-electron chi connectivity index (χ0n) is 57.4. The van der Waals surface area contributed by atoms with Crippen LogP contribution in [0.25, 0.3) is 100 Å². The van der Waals surface area contributed by atoms with Gasteiger partial charge in [0, 0.05) is 129 Å². The Bertz CT molecular complexity index is 4610. The van der Waals surface area contributed by atoms with E-state index in [0.717, 1.165) is 139 Å². The first kappa shape index (κ1) is 68.2. The van der Waals surface area contributed by atoms with E-state index in [1.165, 1.54) is 86.0 Å². The third-order valence-corrected chi connectivity index (χ3v) is 18.9. The summed E-state index contributed by atoms with van der Waals surface area (Å²) in [4.78, 5) is 21.9. The first-order chi connectivity index (χ1) is 46.2. The van der Waals surface area contributed by atoms with E-state index in [4.69, 9.17) is 25.8 Å². The maximum absolute atomic E-state index is 10.2. The van der Waals surface area contributed by atoms with E-state index in [1.807, 2.05) is 64.1 Å². The quantitative estimate of drug-likeness (QED) is 0.0406. The number of nitrogens with one attached hydrogen (secondary N) is 5. The van der Waals surface area contributed by atoms with Crippen molar-refractivity contribution >= 4 is 61.6 Å². The number of piperidine rings is 3. The van der Waals surface area contributed by atoms with Crippen LogP contribution >= 0.6 is 0 Å². The van der Waals surface area contributed by atoms with Crippen molar-refractivity contribution in [3.8, 4) is 79.0 Å². The van der Waals surface area contributed by atoms with Gasteiger partial charge in [0.15, 0.2) is 16.9 Å². The monoisotopic (exact) mass is 1280 g/mol. The number of hydrogen-bond donors (Lipinski definition) is 6. The second kappa shape index (κ2) is 29.8. The number of aromatic hydroxyl groups is 1. The number of nitrogens with zero attached hydrogens (tertiary/aromatic N) is 10. The van der Waals surface area contributed by atoms with Gasteiger partial charge < -0.3 is 38.1 Å². The Morgan fingerprint density at radius 2 is 0.680 bits per heavy atom. The third-order valence-electron chi connectivity index (χ3n) is 18.9. The standard InChI is InChI=1S/C27H29N5.C26H27N5O.C26H25N5.CH3.Li/c1-17-7-9-21(10-8-17)26-23(18(2)28)25(24-19(3)30-31-27(24)29-26)20-11-13-22(14-12-20)32-15-5-4-6-16-32;1-16(27)22-24(18-6-10-20(11-7-18)31-14-4-3-5-15-31)23-17(2)29-30-26(23)28-25(22)19-8-12-21(32)13-9-19;1-17-6-8-20(9-7-17)25-22(16-27)24(23-18(2)29-30-26(23)28-25)19-10-12-21(13-11-19)31-14-4-3-5-15-31;;/h7-14,28H,4-6,15-16H2,1-3H3,(H,29,30,31);6-13,27,32H,3-5,14-15H2,1-2H3,(H,28,29,30);6-13H,3-5,14-15H2,1-2H3,(H,28,29,30);1H3;/q;;;-1;+1. The molecule has 3 aliphatic rings. The number of hydrogen-bond acceptors (Lipinski definition) is 13. The number of rotatable bonds is 11. The van der Waals surface area contributed by atoms with Gasteiger partial charge in [-0.05, 0) is 184 Å². The number of aromatic amines is 3. The van der Waals surface area contributed by atoms with E-state index in [1.54, 1.807) is 19.1 Å². The molecular formula is C80H84LiN15O. The maximum Gasteiger partial charge on any atom is 1.00 e. The molecule has 0 unspecified atom stereocenters. The number of H-pyrrole nitrogens is 3. The fraction of sp³-hybridized carbons (Fsp3) is 0.275. The maximum atomic E-state index is 10.2. The summed E-state index contributed by atoms with van der Waals surface area (Å²) < 4.78 is 0. The van der Waals surface area contributed by atoms with E-state index in [2.05, 4.69) is 162 Å². The van der Waals surface area contributed by atoms with Crippen LogP contribution in [0.5, 0.6) is 5.75 Å². The molecule has 0 aliphatic carbocycles. The molecule has 17 heteroatoms. The average Bonchev–Trinajstić information content (AvgIpc) is 1.75. The predicted molar refractivity (Wildman–Crippen MR) is 394 cm³/mol. The number of aromatic nitrogens is 9. The summed E-state index contributed by atoms with van der Waals surface area (Å²) in [5.41, 5.74) is 25.2. The normalized spacial score (nSPS) is 13.8. The molecule has 0 saturated carbocycles. The van der Waals surface area contributed by atoms with Crippen LogP contribution in [0.1, 0.15) is 117 Å². The summed E-state index contributed by atoms with van der Waals surface area (Å²) in [6.45, 7) is 20.5. The molecule has 0 bridgehead atoms. The van der Waals surface area contributed by atoms with Crippen molar-refractivity contribution in [3.05, 3.63) is 198 Å². The topological polar surface area (TPSA) is 226 Å². The van der Waals surface area contributed by atoms with Crippen LogP contribution in [0.2, 0.25) is 0 Å². The Labute approximate surface area is 580 Å². The summed E-state index contributed by atoms with van der Waals surface area (Å²) in [6, 6.07) is 52.0. The minimum absolute atomic E-state index is 0. The summed E-state index contributed by atoms with van der Waals surface area (Å²) in [5, 5.41) is 62.7. The summed E-state index contributed by atoms with van der Waals surface area (Å²) in [7, 11) is 0. The number of phenolic OH excluding ortho intramolecular Hbond substituents is 1. The number of pyridine rings is 3. The third kappa shape index (κ3) is 14.1. The Kier molecular flexibility index (Phi) is 21.0. The molecule has 3 fully saturated rings. The second-order valence-corrected chi connectivity index (χ2v) is 25.7. The van der Waals surface area contributed by atoms with Crippen molar-refractivity contribution in [2.75, 3.05) is 54.0 Å². The van der Waals surface area contributed by atoms with Crippen LogP contribution in [0.15, 0.2) is 146 Å². The van der Waals surface area contributed by atoms with Crippen molar-refractivity contribution in [2.24, 2.45) is 0 Å². The van der Waals surface area contributed by atoms with Crippen LogP contribution in [0.3, 0.4) is 0 Å². The van der Waals surface area contributed by atoms with Crippen LogP contribution in [0, 0.1) is 64.2 Å². The molecule has 486 valence electrons. The zero-order chi connectivity index (χ0) is 65.9. The van der Waals surface area contributed by atoms with Crippen LogP contribution in [0.4, 0.5) is 17.1 Å². The van der Waals surface area contributed by atoms with Crippen LogP contribution in [-0.2, 0) is 0 Å². The van der Waals surface area contributed by atoms with Gasteiger partial charge in [0.2, 0.25) is 0 Å². The van der Waals surface area contributed by atoms with Crippen molar-refractivity contribution in [1.29, 1.82) is 16.1 Å². The molecule has 0 radical (unpaired) electrons. The van der Waals surface area contributed by atoms with Crippen molar-refractivity contribution in [3.63, 3.8) is 0 Å². The Hall–Kier alpha value is -10.2. The fourth-order valence-electron chi connectivity index (χ4n) is 14.0. The van der Waals surface area contributed by atoms with Gasteiger partial charge in [-0.25, -0.2) is 15.0 Å². The number of nitriles is 1. The molecule has 3 aliphatic heterocycles. The molecule has 6 aromatic carbocycles. The largest absolute Gasteiger partial charge is 1.00 e. The zero-order valence-corrected chi connectivity index (χ0v) is 57.4. The van der Waals surface area contributed by atoms with Crippen molar-refractivity contribution < 1.29 is 24.0 Å². The minimum Gasteiger partial charge on any atom is -0.508 e. The first-order valence-electron chi connectivity index (χ1n) is 33.4. The van der Waals surface area contributed by atoms with E-state index >= 15 is 0 Å². The van der Waals surface area contributed by atoms with E-state index in [0.29, 0.717) is 45.3 Å². The molecule has 0 amide bonds. The molecule has 0 atom stereocenters. The van der Waals surface area contributed by atoms with E-state index in [-0.39, 0.29) is 32.0 Å².